The van der Waals surface area contributed by atoms with Crippen LogP contribution in [0.2, 0.25) is 0 Å². The minimum Gasteiger partial charge on any atom is -0.378 e. The molecule has 0 radical (unpaired) electrons. The Morgan fingerprint density at radius 1 is 0.905 bits per heavy atom. The monoisotopic (exact) mass is 271 g/mol. The van der Waals surface area contributed by atoms with E-state index < -0.39 is 0 Å². The summed E-state index contributed by atoms with van der Waals surface area (Å²) in [7, 11) is 0. The molecule has 3 rings (SSSR count). The molecule has 0 bridgehead atoms. The minimum absolute atomic E-state index is 0.225. The van der Waals surface area contributed by atoms with Crippen LogP contribution >= 0.6 is 0 Å². The zero-order chi connectivity index (χ0) is 14.7. The molecule has 0 aliphatic rings. The van der Waals surface area contributed by atoms with Crippen LogP contribution in [0.5, 0.6) is 0 Å². The molecule has 102 valence electrons. The van der Waals surface area contributed by atoms with Crippen LogP contribution in [0.15, 0.2) is 66.7 Å². The summed E-state index contributed by atoms with van der Waals surface area (Å²) >= 11 is 0. The average Bonchev–Trinajstić information content (AvgIpc) is 2.54. The standard InChI is InChI=1S/C20H17N/c1-3-16-7-6-10-20(13-16)21-15(2)18-12-11-17-8-4-5-9-19(17)14-18/h1,4-15,21H,2H3. The number of benzene rings is 3. The normalized spacial score (nSPS) is 11.8. The molecule has 0 spiro atoms. The summed E-state index contributed by atoms with van der Waals surface area (Å²) in [6.45, 7) is 2.16. The lowest BCUT2D eigenvalue weighted by Crippen LogP contribution is -2.06. The van der Waals surface area contributed by atoms with Crippen molar-refractivity contribution in [3.8, 4) is 12.3 Å². The second-order valence-electron chi connectivity index (χ2n) is 5.20. The van der Waals surface area contributed by atoms with Gasteiger partial charge in [0.2, 0.25) is 0 Å². The number of hydrogen-bond acceptors (Lipinski definition) is 1. The number of hydrogen-bond donors (Lipinski definition) is 1. The van der Waals surface area contributed by atoms with Gasteiger partial charge in [-0.1, -0.05) is 48.4 Å². The van der Waals surface area contributed by atoms with Gasteiger partial charge in [-0.3, -0.25) is 0 Å². The zero-order valence-electron chi connectivity index (χ0n) is 12.0. The Bertz CT molecular complexity index is 811. The Balaban J connectivity index is 1.86. The third-order valence-electron chi connectivity index (χ3n) is 3.69. The van der Waals surface area contributed by atoms with E-state index in [2.05, 4.69) is 60.6 Å². The maximum absolute atomic E-state index is 5.45. The smallest absolute Gasteiger partial charge is 0.0485 e. The summed E-state index contributed by atoms with van der Waals surface area (Å²) in [6.07, 6.45) is 5.45. The van der Waals surface area contributed by atoms with E-state index in [-0.39, 0.29) is 6.04 Å². The van der Waals surface area contributed by atoms with Crippen molar-refractivity contribution in [2.45, 2.75) is 13.0 Å². The van der Waals surface area contributed by atoms with Crippen LogP contribution in [-0.2, 0) is 0 Å². The molecule has 0 heterocycles. The Labute approximate surface area is 125 Å². The van der Waals surface area contributed by atoms with Crippen LogP contribution < -0.4 is 5.32 Å². The Morgan fingerprint density at radius 2 is 1.71 bits per heavy atom. The molecule has 1 heteroatoms. The minimum atomic E-state index is 0.225. The molecule has 0 aromatic heterocycles. The van der Waals surface area contributed by atoms with Crippen molar-refractivity contribution in [1.82, 2.24) is 0 Å². The predicted molar refractivity (Wildman–Crippen MR) is 90.4 cm³/mol. The Morgan fingerprint density at radius 3 is 2.52 bits per heavy atom. The molecule has 0 aliphatic carbocycles. The van der Waals surface area contributed by atoms with Crippen molar-refractivity contribution in [3.05, 3.63) is 77.9 Å². The van der Waals surface area contributed by atoms with Gasteiger partial charge in [0.15, 0.2) is 0 Å². The second-order valence-corrected chi connectivity index (χ2v) is 5.20. The highest BCUT2D eigenvalue weighted by Crippen LogP contribution is 2.23. The summed E-state index contributed by atoms with van der Waals surface area (Å²) in [5, 5.41) is 6.03. The van der Waals surface area contributed by atoms with E-state index in [1.165, 1.54) is 16.3 Å². The molecule has 1 unspecified atom stereocenters. The molecule has 3 aromatic carbocycles. The number of anilines is 1. The Kier molecular flexibility index (Phi) is 3.62. The molecular formula is C20H17N. The molecule has 3 aromatic rings. The molecule has 0 fully saturated rings. The van der Waals surface area contributed by atoms with Gasteiger partial charge in [-0.15, -0.1) is 6.42 Å². The highest BCUT2D eigenvalue weighted by Gasteiger charge is 2.06. The lowest BCUT2D eigenvalue weighted by molar-refractivity contribution is 0.887. The van der Waals surface area contributed by atoms with Crippen molar-refractivity contribution in [2.24, 2.45) is 0 Å². The van der Waals surface area contributed by atoms with Crippen LogP contribution in [0.4, 0.5) is 5.69 Å². The quantitative estimate of drug-likeness (QED) is 0.661. The summed E-state index contributed by atoms with van der Waals surface area (Å²) < 4.78 is 0. The molecule has 21 heavy (non-hydrogen) atoms. The topological polar surface area (TPSA) is 12.0 Å². The third kappa shape index (κ3) is 2.90. The lowest BCUT2D eigenvalue weighted by atomic mass is 10.0. The van der Waals surface area contributed by atoms with Crippen molar-refractivity contribution in [3.63, 3.8) is 0 Å². The van der Waals surface area contributed by atoms with Gasteiger partial charge >= 0.3 is 0 Å². The lowest BCUT2D eigenvalue weighted by Gasteiger charge is -2.16. The average molecular weight is 271 g/mol. The van der Waals surface area contributed by atoms with E-state index >= 15 is 0 Å². The van der Waals surface area contributed by atoms with E-state index in [1.807, 2.05) is 24.3 Å². The van der Waals surface area contributed by atoms with Crippen LogP contribution in [0.25, 0.3) is 10.8 Å². The van der Waals surface area contributed by atoms with E-state index in [0.29, 0.717) is 0 Å². The van der Waals surface area contributed by atoms with Gasteiger partial charge in [-0.25, -0.2) is 0 Å². The molecule has 0 saturated carbocycles. The van der Waals surface area contributed by atoms with Crippen molar-refractivity contribution in [2.75, 3.05) is 5.32 Å². The first-order valence-corrected chi connectivity index (χ1v) is 7.08. The number of terminal acetylenes is 1. The van der Waals surface area contributed by atoms with Gasteiger partial charge in [0.25, 0.3) is 0 Å². The number of nitrogens with one attached hydrogen (secondary N) is 1. The molecular weight excluding hydrogens is 254 g/mol. The fraction of sp³-hybridized carbons (Fsp3) is 0.100. The highest BCUT2D eigenvalue weighted by molar-refractivity contribution is 5.83. The fourth-order valence-corrected chi connectivity index (χ4v) is 2.51. The second kappa shape index (κ2) is 5.73. The first-order chi connectivity index (χ1) is 10.3. The first kappa shape index (κ1) is 13.3. The van der Waals surface area contributed by atoms with E-state index in [1.54, 1.807) is 0 Å². The maximum Gasteiger partial charge on any atom is 0.0485 e. The zero-order valence-corrected chi connectivity index (χ0v) is 12.0. The van der Waals surface area contributed by atoms with E-state index in [9.17, 15) is 0 Å². The van der Waals surface area contributed by atoms with Gasteiger partial charge in [0.1, 0.15) is 0 Å². The van der Waals surface area contributed by atoms with Crippen molar-refractivity contribution in [1.29, 1.82) is 0 Å². The SMILES string of the molecule is C#Cc1cccc(NC(C)c2ccc3ccccc3c2)c1. The largest absolute Gasteiger partial charge is 0.378 e. The fourth-order valence-electron chi connectivity index (χ4n) is 2.51. The summed E-state index contributed by atoms with van der Waals surface area (Å²) in [5.41, 5.74) is 3.21. The molecule has 0 saturated heterocycles. The Hall–Kier alpha value is -2.72. The van der Waals surface area contributed by atoms with Gasteiger partial charge < -0.3 is 5.32 Å². The van der Waals surface area contributed by atoms with Crippen LogP contribution in [0, 0.1) is 12.3 Å². The number of rotatable bonds is 3. The molecule has 0 amide bonds. The first-order valence-electron chi connectivity index (χ1n) is 7.08. The number of fused-ring (bicyclic) bond motifs is 1. The predicted octanol–water partition coefficient (Wildman–Crippen LogP) is 4.99. The summed E-state index contributed by atoms with van der Waals surface area (Å²) in [5.74, 6) is 2.66. The molecule has 1 N–H and O–H groups in total. The van der Waals surface area contributed by atoms with Crippen molar-refractivity contribution < 1.29 is 0 Å². The molecule has 0 aliphatic heterocycles. The summed E-state index contributed by atoms with van der Waals surface area (Å²) in [4.78, 5) is 0. The van der Waals surface area contributed by atoms with E-state index in [0.717, 1.165) is 11.3 Å². The van der Waals surface area contributed by atoms with Gasteiger partial charge in [0, 0.05) is 17.3 Å². The molecule has 1 atom stereocenters. The molecule has 1 nitrogen and oxygen atoms in total. The van der Waals surface area contributed by atoms with Gasteiger partial charge in [0.05, 0.1) is 0 Å². The van der Waals surface area contributed by atoms with Crippen LogP contribution in [0.1, 0.15) is 24.1 Å². The highest BCUT2D eigenvalue weighted by atomic mass is 14.9. The third-order valence-corrected chi connectivity index (χ3v) is 3.69. The maximum atomic E-state index is 5.45. The van der Waals surface area contributed by atoms with Crippen LogP contribution in [0.3, 0.4) is 0 Å². The van der Waals surface area contributed by atoms with Crippen LogP contribution in [-0.4, -0.2) is 0 Å². The van der Waals surface area contributed by atoms with Crippen molar-refractivity contribution >= 4 is 16.5 Å². The van der Waals surface area contributed by atoms with Gasteiger partial charge in [-0.05, 0) is 47.5 Å². The van der Waals surface area contributed by atoms with Gasteiger partial charge in [-0.2, -0.15) is 0 Å². The summed E-state index contributed by atoms with van der Waals surface area (Å²) in [6, 6.07) is 23.2. The van der Waals surface area contributed by atoms with E-state index in [4.69, 9.17) is 6.42 Å².